The van der Waals surface area contributed by atoms with Gasteiger partial charge in [0.1, 0.15) is 15.5 Å². The van der Waals surface area contributed by atoms with Crippen molar-refractivity contribution in [1.82, 2.24) is 19.8 Å². The molecule has 2 aromatic rings. The molecule has 0 saturated carbocycles. The maximum Gasteiger partial charge on any atom is 0.348 e. The van der Waals surface area contributed by atoms with E-state index in [4.69, 9.17) is 4.74 Å². The highest BCUT2D eigenvalue weighted by Crippen LogP contribution is 2.27. The van der Waals surface area contributed by atoms with Crippen molar-refractivity contribution >= 4 is 27.5 Å². The Bertz CT molecular complexity index is 805. The molecule has 3 rings (SSSR count). The Hall–Kier alpha value is -1.77. The molecule has 7 nitrogen and oxygen atoms in total. The fraction of sp³-hybridized carbons (Fsp3) is 0.562. The Kier molecular flexibility index (Phi) is 4.98. The highest BCUT2D eigenvalue weighted by atomic mass is 32.1. The standard InChI is InChI=1S/C16H22N4O3S/c1-4-23-16(22)13-10(2)12-14(21)17-11(18-15(12)24-13)9-20-7-5-19(3)6-8-20/h4-9H2,1-3H3,(H,17,18,21). The second-order valence-electron chi connectivity index (χ2n) is 6.05. The lowest BCUT2D eigenvalue weighted by Crippen LogP contribution is -2.44. The van der Waals surface area contributed by atoms with E-state index >= 15 is 0 Å². The number of thiophene rings is 1. The summed E-state index contributed by atoms with van der Waals surface area (Å²) in [5.41, 5.74) is 0.460. The summed E-state index contributed by atoms with van der Waals surface area (Å²) in [5, 5.41) is 0.491. The summed E-state index contributed by atoms with van der Waals surface area (Å²) in [5.74, 6) is 0.256. The van der Waals surface area contributed by atoms with E-state index in [-0.39, 0.29) is 5.56 Å². The number of hydrogen-bond acceptors (Lipinski definition) is 7. The normalized spacial score (nSPS) is 16.6. The van der Waals surface area contributed by atoms with Gasteiger partial charge in [0.25, 0.3) is 5.56 Å². The van der Waals surface area contributed by atoms with E-state index < -0.39 is 5.97 Å². The molecule has 2 aromatic heterocycles. The topological polar surface area (TPSA) is 78.5 Å². The highest BCUT2D eigenvalue weighted by molar-refractivity contribution is 7.20. The third-order valence-corrected chi connectivity index (χ3v) is 5.45. The van der Waals surface area contributed by atoms with Crippen molar-refractivity contribution < 1.29 is 9.53 Å². The first-order valence-electron chi connectivity index (χ1n) is 8.10. The van der Waals surface area contributed by atoms with E-state index in [0.717, 1.165) is 26.2 Å². The summed E-state index contributed by atoms with van der Waals surface area (Å²) in [4.78, 5) is 37.5. The molecular weight excluding hydrogens is 328 g/mol. The lowest BCUT2D eigenvalue weighted by atomic mass is 10.2. The number of esters is 1. The van der Waals surface area contributed by atoms with Crippen LogP contribution in [-0.2, 0) is 11.3 Å². The highest BCUT2D eigenvalue weighted by Gasteiger charge is 2.21. The molecule has 0 aliphatic carbocycles. The number of carbonyl (C=O) groups is 1. The molecule has 0 bridgehead atoms. The van der Waals surface area contributed by atoms with Crippen molar-refractivity contribution in [1.29, 1.82) is 0 Å². The molecule has 0 amide bonds. The van der Waals surface area contributed by atoms with E-state index in [1.54, 1.807) is 13.8 Å². The number of likely N-dealkylation sites (N-methyl/N-ethyl adjacent to an activating group) is 1. The Morgan fingerprint density at radius 2 is 2.04 bits per heavy atom. The average Bonchev–Trinajstić information content (AvgIpc) is 2.87. The molecule has 0 aromatic carbocycles. The third-order valence-electron chi connectivity index (χ3n) is 4.28. The summed E-state index contributed by atoms with van der Waals surface area (Å²) in [6, 6.07) is 0. The zero-order valence-corrected chi connectivity index (χ0v) is 15.0. The van der Waals surface area contributed by atoms with Crippen LogP contribution in [-0.4, -0.2) is 65.6 Å². The Labute approximate surface area is 144 Å². The molecule has 8 heteroatoms. The van der Waals surface area contributed by atoms with Crippen LogP contribution in [0.4, 0.5) is 0 Å². The van der Waals surface area contributed by atoms with E-state index in [0.29, 0.717) is 39.6 Å². The predicted octanol–water partition coefficient (Wildman–Crippen LogP) is 1.22. The number of aromatic nitrogens is 2. The minimum absolute atomic E-state index is 0.187. The quantitative estimate of drug-likeness (QED) is 0.836. The lowest BCUT2D eigenvalue weighted by molar-refractivity contribution is 0.0531. The van der Waals surface area contributed by atoms with Crippen LogP contribution in [0.15, 0.2) is 4.79 Å². The van der Waals surface area contributed by atoms with Gasteiger partial charge in [-0.2, -0.15) is 0 Å². The molecule has 0 spiro atoms. The molecule has 130 valence electrons. The number of aryl methyl sites for hydroxylation is 1. The van der Waals surface area contributed by atoms with Crippen molar-refractivity contribution in [2.24, 2.45) is 0 Å². The molecule has 1 saturated heterocycles. The van der Waals surface area contributed by atoms with Gasteiger partial charge in [0.15, 0.2) is 0 Å². The predicted molar refractivity (Wildman–Crippen MR) is 93.7 cm³/mol. The van der Waals surface area contributed by atoms with Crippen LogP contribution < -0.4 is 5.56 Å². The van der Waals surface area contributed by atoms with E-state index in [2.05, 4.69) is 26.8 Å². The monoisotopic (exact) mass is 350 g/mol. The number of hydrogen-bond donors (Lipinski definition) is 1. The number of H-pyrrole nitrogens is 1. The second kappa shape index (κ2) is 7.00. The molecule has 0 atom stereocenters. The largest absolute Gasteiger partial charge is 0.462 e. The summed E-state index contributed by atoms with van der Waals surface area (Å²) in [6.45, 7) is 8.39. The summed E-state index contributed by atoms with van der Waals surface area (Å²) < 4.78 is 5.06. The molecule has 24 heavy (non-hydrogen) atoms. The van der Waals surface area contributed by atoms with Gasteiger partial charge in [-0.1, -0.05) is 0 Å². The third kappa shape index (κ3) is 3.35. The van der Waals surface area contributed by atoms with Gasteiger partial charge in [0.2, 0.25) is 0 Å². The Balaban J connectivity index is 1.89. The number of aromatic amines is 1. The fourth-order valence-electron chi connectivity index (χ4n) is 2.87. The van der Waals surface area contributed by atoms with E-state index in [1.807, 2.05) is 0 Å². The number of nitrogens with one attached hydrogen (secondary N) is 1. The van der Waals surface area contributed by atoms with Crippen LogP contribution in [0.2, 0.25) is 0 Å². The molecule has 1 aliphatic heterocycles. The van der Waals surface area contributed by atoms with Crippen molar-refractivity contribution in [3.8, 4) is 0 Å². The van der Waals surface area contributed by atoms with Crippen LogP contribution in [0.1, 0.15) is 28.0 Å². The SMILES string of the molecule is CCOC(=O)c1sc2nc(CN3CCN(C)CC3)[nH]c(=O)c2c1C. The van der Waals surface area contributed by atoms with Crippen molar-refractivity contribution in [2.45, 2.75) is 20.4 Å². The van der Waals surface area contributed by atoms with E-state index in [9.17, 15) is 9.59 Å². The molecule has 1 N–H and O–H groups in total. The van der Waals surface area contributed by atoms with Gasteiger partial charge < -0.3 is 14.6 Å². The van der Waals surface area contributed by atoms with Crippen molar-refractivity contribution in [3.63, 3.8) is 0 Å². The summed E-state index contributed by atoms with van der Waals surface area (Å²) >= 11 is 1.23. The number of carbonyl (C=O) groups excluding carboxylic acids is 1. The maximum absolute atomic E-state index is 12.4. The Morgan fingerprint density at radius 1 is 1.33 bits per heavy atom. The fourth-order valence-corrected chi connectivity index (χ4v) is 3.97. The number of piperazine rings is 1. The van der Waals surface area contributed by atoms with Crippen LogP contribution in [0, 0.1) is 6.92 Å². The van der Waals surface area contributed by atoms with Crippen LogP contribution >= 0.6 is 11.3 Å². The number of rotatable bonds is 4. The number of fused-ring (bicyclic) bond motifs is 1. The zero-order valence-electron chi connectivity index (χ0n) is 14.2. The van der Waals surface area contributed by atoms with Crippen molar-refractivity contribution in [2.75, 3.05) is 39.8 Å². The summed E-state index contributed by atoms with van der Waals surface area (Å²) in [6.07, 6.45) is 0. The average molecular weight is 350 g/mol. The first-order valence-corrected chi connectivity index (χ1v) is 8.91. The van der Waals surface area contributed by atoms with Gasteiger partial charge in [-0.25, -0.2) is 9.78 Å². The maximum atomic E-state index is 12.4. The van der Waals surface area contributed by atoms with E-state index in [1.165, 1.54) is 11.3 Å². The number of ether oxygens (including phenoxy) is 1. The van der Waals surface area contributed by atoms with Gasteiger partial charge in [-0.15, -0.1) is 11.3 Å². The summed E-state index contributed by atoms with van der Waals surface area (Å²) in [7, 11) is 2.11. The van der Waals surface area contributed by atoms with Crippen LogP contribution in [0.3, 0.4) is 0 Å². The first-order chi connectivity index (χ1) is 11.5. The minimum Gasteiger partial charge on any atom is -0.462 e. The first kappa shape index (κ1) is 17.1. The van der Waals surface area contributed by atoms with Gasteiger partial charge in [0.05, 0.1) is 18.5 Å². The van der Waals surface area contributed by atoms with Crippen LogP contribution in [0.5, 0.6) is 0 Å². The lowest BCUT2D eigenvalue weighted by Gasteiger charge is -2.31. The van der Waals surface area contributed by atoms with Crippen molar-refractivity contribution in [3.05, 3.63) is 26.6 Å². The zero-order chi connectivity index (χ0) is 17.3. The number of nitrogens with zero attached hydrogens (tertiary/aromatic N) is 3. The molecule has 3 heterocycles. The Morgan fingerprint density at radius 3 is 2.71 bits per heavy atom. The molecule has 1 aliphatic rings. The minimum atomic E-state index is -0.391. The van der Waals surface area contributed by atoms with Gasteiger partial charge >= 0.3 is 5.97 Å². The van der Waals surface area contributed by atoms with Gasteiger partial charge in [-0.05, 0) is 26.5 Å². The second-order valence-corrected chi connectivity index (χ2v) is 7.05. The molecular formula is C16H22N4O3S. The molecule has 0 unspecified atom stereocenters. The smallest absolute Gasteiger partial charge is 0.348 e. The van der Waals surface area contributed by atoms with Gasteiger partial charge in [-0.3, -0.25) is 9.69 Å². The molecule has 0 radical (unpaired) electrons. The molecule has 1 fully saturated rings. The van der Waals surface area contributed by atoms with Crippen LogP contribution in [0.25, 0.3) is 10.2 Å². The van der Waals surface area contributed by atoms with Gasteiger partial charge in [0, 0.05) is 26.2 Å².